The lowest BCUT2D eigenvalue weighted by atomic mass is 10.1. The van der Waals surface area contributed by atoms with Gasteiger partial charge in [-0.25, -0.2) is 4.98 Å². The van der Waals surface area contributed by atoms with E-state index in [1.165, 1.54) is 12.0 Å². The molecule has 2 rings (SSSR count). The highest BCUT2D eigenvalue weighted by Crippen LogP contribution is 2.23. The average molecular weight is 259 g/mol. The van der Waals surface area contributed by atoms with Crippen molar-refractivity contribution in [3.8, 4) is 11.3 Å². The Kier molecular flexibility index (Phi) is 4.26. The molecule has 0 radical (unpaired) electrons. The molecule has 0 fully saturated rings. The number of aryl methyl sites for hydroxylation is 1. The van der Waals surface area contributed by atoms with Gasteiger partial charge in [-0.05, 0) is 18.9 Å². The number of hydrogen-bond acceptors (Lipinski definition) is 3. The van der Waals surface area contributed by atoms with Crippen molar-refractivity contribution in [3.63, 3.8) is 0 Å². The van der Waals surface area contributed by atoms with Crippen molar-refractivity contribution in [1.82, 2.24) is 4.98 Å². The van der Waals surface area contributed by atoms with E-state index in [9.17, 15) is 4.79 Å². The van der Waals surface area contributed by atoms with E-state index >= 15 is 0 Å². The maximum absolute atomic E-state index is 11.0. The number of nitrogens with zero attached hydrogens (tertiary/aromatic N) is 1. The van der Waals surface area contributed by atoms with Gasteiger partial charge >= 0.3 is 0 Å². The zero-order valence-corrected chi connectivity index (χ0v) is 11.6. The molecule has 94 valence electrons. The van der Waals surface area contributed by atoms with Crippen molar-refractivity contribution in [2.45, 2.75) is 33.1 Å². The quantitative estimate of drug-likeness (QED) is 0.815. The summed E-state index contributed by atoms with van der Waals surface area (Å²) in [7, 11) is 0. The van der Waals surface area contributed by atoms with Gasteiger partial charge in [-0.3, -0.25) is 4.79 Å². The topological polar surface area (TPSA) is 30.0 Å². The summed E-state index contributed by atoms with van der Waals surface area (Å²) in [4.78, 5) is 15.5. The van der Waals surface area contributed by atoms with Crippen molar-refractivity contribution in [1.29, 1.82) is 0 Å². The highest BCUT2D eigenvalue weighted by Gasteiger charge is 2.06. The molecule has 0 aliphatic rings. The Balaban J connectivity index is 2.15. The number of aromatic nitrogens is 1. The first-order chi connectivity index (χ1) is 8.69. The second-order valence-corrected chi connectivity index (χ2v) is 5.39. The first-order valence-electron chi connectivity index (χ1n) is 6.22. The van der Waals surface area contributed by atoms with Gasteiger partial charge in [0.1, 0.15) is 10.8 Å². The van der Waals surface area contributed by atoms with Crippen LogP contribution >= 0.6 is 11.3 Å². The van der Waals surface area contributed by atoms with Gasteiger partial charge in [0.15, 0.2) is 0 Å². The molecule has 0 saturated heterocycles. The fraction of sp³-hybridized carbons (Fsp3) is 0.333. The molecule has 0 unspecified atom stereocenters. The van der Waals surface area contributed by atoms with Crippen molar-refractivity contribution < 1.29 is 4.79 Å². The van der Waals surface area contributed by atoms with E-state index < -0.39 is 0 Å². The molecule has 2 nitrogen and oxygen atoms in total. The molecular formula is C15H17NOS. The van der Waals surface area contributed by atoms with E-state index in [4.69, 9.17) is 0 Å². The summed E-state index contributed by atoms with van der Waals surface area (Å²) in [5, 5.41) is 2.92. The molecular weight excluding hydrogens is 242 g/mol. The Morgan fingerprint density at radius 1 is 1.28 bits per heavy atom. The van der Waals surface area contributed by atoms with Gasteiger partial charge in [0, 0.05) is 10.9 Å². The molecule has 18 heavy (non-hydrogen) atoms. The summed E-state index contributed by atoms with van der Waals surface area (Å²) in [6.07, 6.45) is 2.73. The van der Waals surface area contributed by atoms with E-state index in [1.54, 1.807) is 18.3 Å². The Bertz CT molecular complexity index is 528. The number of benzene rings is 1. The van der Waals surface area contributed by atoms with Crippen LogP contribution in [0.5, 0.6) is 0 Å². The Hall–Kier alpha value is -1.48. The van der Waals surface area contributed by atoms with Crippen molar-refractivity contribution in [2.75, 3.05) is 0 Å². The van der Waals surface area contributed by atoms with Crippen LogP contribution < -0.4 is 0 Å². The van der Waals surface area contributed by atoms with Gasteiger partial charge in [0.25, 0.3) is 0 Å². The fourth-order valence-corrected chi connectivity index (χ4v) is 2.74. The smallest absolute Gasteiger partial charge is 0.136 e. The standard InChI is InChI=1S/C15H17NOS/c1-3-4-12-5-7-13(8-6-12)14-10-18-15(16-14)9-11(2)17/h5-8,10H,3-4,9H2,1-2H3. The van der Waals surface area contributed by atoms with Crippen LogP contribution in [0.25, 0.3) is 11.3 Å². The van der Waals surface area contributed by atoms with E-state index in [1.807, 2.05) is 5.38 Å². The van der Waals surface area contributed by atoms with Crippen LogP contribution in [-0.4, -0.2) is 10.8 Å². The maximum Gasteiger partial charge on any atom is 0.136 e. The lowest BCUT2D eigenvalue weighted by molar-refractivity contribution is -0.116. The second kappa shape index (κ2) is 5.91. The molecule has 0 aliphatic heterocycles. The third-order valence-corrected chi connectivity index (χ3v) is 3.59. The molecule has 1 heterocycles. The molecule has 3 heteroatoms. The van der Waals surface area contributed by atoms with E-state index in [0.717, 1.165) is 22.7 Å². The van der Waals surface area contributed by atoms with Gasteiger partial charge in [-0.15, -0.1) is 11.3 Å². The fourth-order valence-electron chi connectivity index (χ4n) is 1.87. The van der Waals surface area contributed by atoms with Crippen LogP contribution in [0.1, 0.15) is 30.8 Å². The summed E-state index contributed by atoms with van der Waals surface area (Å²) in [6, 6.07) is 8.53. The Labute approximate surface area is 112 Å². The zero-order chi connectivity index (χ0) is 13.0. The number of thiazole rings is 1. The van der Waals surface area contributed by atoms with Crippen molar-refractivity contribution >= 4 is 17.1 Å². The third-order valence-electron chi connectivity index (χ3n) is 2.74. The minimum Gasteiger partial charge on any atom is -0.300 e. The first kappa shape index (κ1) is 13.0. The average Bonchev–Trinajstić information content (AvgIpc) is 2.78. The number of carbonyl (C=O) groups excluding carboxylic acids is 1. The molecule has 0 spiro atoms. The zero-order valence-electron chi connectivity index (χ0n) is 10.8. The summed E-state index contributed by atoms with van der Waals surface area (Å²) in [5.41, 5.74) is 3.46. The van der Waals surface area contributed by atoms with Gasteiger partial charge in [-0.2, -0.15) is 0 Å². The molecule has 0 bridgehead atoms. The van der Waals surface area contributed by atoms with E-state index in [-0.39, 0.29) is 5.78 Å². The Morgan fingerprint density at radius 3 is 2.61 bits per heavy atom. The highest BCUT2D eigenvalue weighted by molar-refractivity contribution is 7.10. The maximum atomic E-state index is 11.0. The molecule has 0 N–H and O–H groups in total. The number of Topliss-reactive ketones (excluding diaryl/α,β-unsaturated/α-hetero) is 1. The SMILES string of the molecule is CCCc1ccc(-c2csc(CC(C)=O)n2)cc1. The third kappa shape index (κ3) is 3.26. The van der Waals surface area contributed by atoms with Crippen LogP contribution in [0.3, 0.4) is 0 Å². The van der Waals surface area contributed by atoms with Crippen LogP contribution in [0.2, 0.25) is 0 Å². The number of rotatable bonds is 5. The summed E-state index contributed by atoms with van der Waals surface area (Å²) < 4.78 is 0. The lowest BCUT2D eigenvalue weighted by Crippen LogP contribution is -1.95. The monoisotopic (exact) mass is 259 g/mol. The first-order valence-corrected chi connectivity index (χ1v) is 7.10. The van der Waals surface area contributed by atoms with Crippen LogP contribution in [-0.2, 0) is 17.6 Å². The minimum absolute atomic E-state index is 0.161. The van der Waals surface area contributed by atoms with E-state index in [2.05, 4.69) is 36.2 Å². The van der Waals surface area contributed by atoms with Gasteiger partial charge < -0.3 is 0 Å². The number of hydrogen-bond donors (Lipinski definition) is 0. The van der Waals surface area contributed by atoms with Crippen molar-refractivity contribution in [2.24, 2.45) is 0 Å². The number of ketones is 1. The molecule has 0 atom stereocenters. The summed E-state index contributed by atoms with van der Waals surface area (Å²) in [6.45, 7) is 3.78. The Morgan fingerprint density at radius 2 is 2.00 bits per heavy atom. The summed E-state index contributed by atoms with van der Waals surface area (Å²) in [5.74, 6) is 0.161. The van der Waals surface area contributed by atoms with Gasteiger partial charge in [0.05, 0.1) is 12.1 Å². The highest BCUT2D eigenvalue weighted by atomic mass is 32.1. The predicted molar refractivity (Wildman–Crippen MR) is 75.9 cm³/mol. The van der Waals surface area contributed by atoms with E-state index in [0.29, 0.717) is 6.42 Å². The largest absolute Gasteiger partial charge is 0.300 e. The molecule has 1 aromatic heterocycles. The van der Waals surface area contributed by atoms with Crippen LogP contribution in [0.4, 0.5) is 0 Å². The lowest BCUT2D eigenvalue weighted by Gasteiger charge is -2.00. The normalized spacial score (nSPS) is 10.6. The van der Waals surface area contributed by atoms with Gasteiger partial charge in [0.2, 0.25) is 0 Å². The molecule has 0 saturated carbocycles. The molecule has 2 aromatic rings. The van der Waals surface area contributed by atoms with Crippen LogP contribution in [0, 0.1) is 0 Å². The summed E-state index contributed by atoms with van der Waals surface area (Å²) >= 11 is 1.56. The number of carbonyl (C=O) groups is 1. The van der Waals surface area contributed by atoms with Gasteiger partial charge in [-0.1, -0.05) is 37.6 Å². The van der Waals surface area contributed by atoms with Crippen molar-refractivity contribution in [3.05, 3.63) is 40.2 Å². The molecule has 0 aliphatic carbocycles. The molecule has 0 amide bonds. The minimum atomic E-state index is 0.161. The second-order valence-electron chi connectivity index (χ2n) is 4.45. The predicted octanol–water partition coefficient (Wildman–Crippen LogP) is 3.89. The van der Waals surface area contributed by atoms with Crippen LogP contribution in [0.15, 0.2) is 29.6 Å². The molecule has 1 aromatic carbocycles.